The maximum absolute atomic E-state index is 12.9. The summed E-state index contributed by atoms with van der Waals surface area (Å²) in [5.41, 5.74) is 9.80. The Balaban J connectivity index is 1.90. The molecule has 154 valence electrons. The van der Waals surface area contributed by atoms with E-state index in [0.717, 1.165) is 23.4 Å². The molecule has 2 N–H and O–H groups in total. The van der Waals surface area contributed by atoms with E-state index in [1.165, 1.54) is 0 Å². The highest BCUT2D eigenvalue weighted by Crippen LogP contribution is 2.32. The van der Waals surface area contributed by atoms with E-state index in [0.29, 0.717) is 29.2 Å². The monoisotopic (exact) mass is 404 g/mol. The lowest BCUT2D eigenvalue weighted by molar-refractivity contribution is 0.0491. The fraction of sp³-hybridized carbons (Fsp3) is 0.261. The highest BCUT2D eigenvalue weighted by atomic mass is 16.5. The largest absolute Gasteiger partial charge is 0.497 e. The molecule has 0 aliphatic heterocycles. The number of nitrogen functional groups attached to an aromatic ring is 1. The average Bonchev–Trinajstić information content (AvgIpc) is 3.02. The fourth-order valence-electron chi connectivity index (χ4n) is 3.31. The molecule has 0 fully saturated rings. The van der Waals surface area contributed by atoms with Crippen LogP contribution < -0.4 is 10.5 Å². The first-order valence-electron chi connectivity index (χ1n) is 9.87. The van der Waals surface area contributed by atoms with Gasteiger partial charge in [-0.05, 0) is 48.7 Å². The molecule has 2 heterocycles. The number of rotatable bonds is 6. The van der Waals surface area contributed by atoms with Gasteiger partial charge in [0.25, 0.3) is 0 Å². The fourth-order valence-corrected chi connectivity index (χ4v) is 3.31. The summed E-state index contributed by atoms with van der Waals surface area (Å²) in [4.78, 5) is 22.4. The van der Waals surface area contributed by atoms with E-state index in [2.05, 4.69) is 13.8 Å². The number of carbonyl (C=O) groups excluding carboxylic acids is 1. The average molecular weight is 404 g/mol. The predicted octanol–water partition coefficient (Wildman–Crippen LogP) is 4.37. The summed E-state index contributed by atoms with van der Waals surface area (Å²) in [6.07, 6.45) is 0.775. The van der Waals surface area contributed by atoms with Crippen LogP contribution >= 0.6 is 0 Å². The summed E-state index contributed by atoms with van der Waals surface area (Å²) in [6.45, 7) is 4.48. The van der Waals surface area contributed by atoms with Crippen LogP contribution in [0.5, 0.6) is 5.75 Å². The van der Waals surface area contributed by atoms with E-state index < -0.39 is 5.97 Å². The van der Waals surface area contributed by atoms with Crippen molar-refractivity contribution in [2.24, 2.45) is 5.92 Å². The highest BCUT2D eigenvalue weighted by molar-refractivity contribution is 6.09. The number of fused-ring (bicyclic) bond motifs is 2. The van der Waals surface area contributed by atoms with E-state index >= 15 is 0 Å². The second-order valence-corrected chi connectivity index (χ2v) is 7.50. The SMILES string of the molecule is COc1ccc(-n2c(N)c(C(=O)OCCC(C)C)c3nc4ccccc4nc32)cc1. The molecule has 2 aromatic heterocycles. The number of para-hydroxylation sites is 2. The van der Waals surface area contributed by atoms with Crippen molar-refractivity contribution in [3.63, 3.8) is 0 Å². The van der Waals surface area contributed by atoms with E-state index in [4.69, 9.17) is 25.2 Å². The van der Waals surface area contributed by atoms with Crippen molar-refractivity contribution in [1.82, 2.24) is 14.5 Å². The molecular weight excluding hydrogens is 380 g/mol. The Bertz CT molecular complexity index is 1210. The molecule has 0 bridgehead atoms. The van der Waals surface area contributed by atoms with Gasteiger partial charge in [0, 0.05) is 5.69 Å². The van der Waals surface area contributed by atoms with Gasteiger partial charge in [0.1, 0.15) is 22.6 Å². The third-order valence-corrected chi connectivity index (χ3v) is 4.96. The molecule has 7 nitrogen and oxygen atoms in total. The van der Waals surface area contributed by atoms with Gasteiger partial charge in [-0.25, -0.2) is 14.8 Å². The number of carbonyl (C=O) groups is 1. The molecule has 4 rings (SSSR count). The third kappa shape index (κ3) is 3.54. The van der Waals surface area contributed by atoms with Gasteiger partial charge < -0.3 is 15.2 Å². The van der Waals surface area contributed by atoms with E-state index in [1.807, 2.05) is 48.5 Å². The summed E-state index contributed by atoms with van der Waals surface area (Å²) in [7, 11) is 1.61. The Morgan fingerprint density at radius 1 is 1.07 bits per heavy atom. The van der Waals surface area contributed by atoms with Crippen LogP contribution in [0.25, 0.3) is 27.9 Å². The molecule has 0 saturated carbocycles. The van der Waals surface area contributed by atoms with Crippen molar-refractivity contribution >= 4 is 34.0 Å². The second-order valence-electron chi connectivity index (χ2n) is 7.50. The first-order chi connectivity index (χ1) is 14.5. The number of esters is 1. The maximum atomic E-state index is 12.9. The van der Waals surface area contributed by atoms with Crippen LogP contribution in [0.2, 0.25) is 0 Å². The lowest BCUT2D eigenvalue weighted by atomic mass is 10.1. The number of nitrogens with zero attached hydrogens (tertiary/aromatic N) is 3. The van der Waals surface area contributed by atoms with Crippen LogP contribution in [0.1, 0.15) is 30.6 Å². The summed E-state index contributed by atoms with van der Waals surface area (Å²) < 4.78 is 12.5. The van der Waals surface area contributed by atoms with Crippen LogP contribution in [-0.2, 0) is 4.74 Å². The first kappa shape index (κ1) is 19.7. The molecular formula is C23H24N4O3. The van der Waals surface area contributed by atoms with Crippen molar-refractivity contribution in [1.29, 1.82) is 0 Å². The van der Waals surface area contributed by atoms with Gasteiger partial charge in [-0.15, -0.1) is 0 Å². The molecule has 0 amide bonds. The molecule has 0 atom stereocenters. The van der Waals surface area contributed by atoms with Gasteiger partial charge in [-0.1, -0.05) is 26.0 Å². The number of nitrogens with two attached hydrogens (primary N) is 1. The third-order valence-electron chi connectivity index (χ3n) is 4.96. The lowest BCUT2D eigenvalue weighted by Crippen LogP contribution is -2.11. The molecule has 4 aromatic rings. The van der Waals surface area contributed by atoms with Crippen molar-refractivity contribution in [2.45, 2.75) is 20.3 Å². The molecule has 30 heavy (non-hydrogen) atoms. The van der Waals surface area contributed by atoms with Gasteiger partial charge in [-0.2, -0.15) is 0 Å². The van der Waals surface area contributed by atoms with Gasteiger partial charge in [0.05, 0.1) is 24.8 Å². The minimum atomic E-state index is -0.491. The second kappa shape index (κ2) is 8.02. The number of hydrogen-bond donors (Lipinski definition) is 1. The van der Waals surface area contributed by atoms with Crippen molar-refractivity contribution in [3.8, 4) is 11.4 Å². The summed E-state index contributed by atoms with van der Waals surface area (Å²) in [5, 5.41) is 0. The number of ether oxygens (including phenoxy) is 2. The quantitative estimate of drug-likeness (QED) is 0.480. The zero-order valence-corrected chi connectivity index (χ0v) is 17.3. The molecule has 2 aromatic carbocycles. The number of hydrogen-bond acceptors (Lipinski definition) is 6. The van der Waals surface area contributed by atoms with Crippen LogP contribution in [-0.4, -0.2) is 34.2 Å². The Kier molecular flexibility index (Phi) is 5.27. The minimum absolute atomic E-state index is 0.239. The van der Waals surface area contributed by atoms with Crippen molar-refractivity contribution in [3.05, 3.63) is 54.1 Å². The zero-order valence-electron chi connectivity index (χ0n) is 17.3. The summed E-state index contributed by atoms with van der Waals surface area (Å²) in [5.74, 6) is 0.910. The van der Waals surface area contributed by atoms with Crippen LogP contribution in [0.15, 0.2) is 48.5 Å². The smallest absolute Gasteiger partial charge is 0.344 e. The van der Waals surface area contributed by atoms with Crippen LogP contribution in [0.3, 0.4) is 0 Å². The van der Waals surface area contributed by atoms with Crippen molar-refractivity contribution in [2.75, 3.05) is 19.5 Å². The van der Waals surface area contributed by atoms with Crippen LogP contribution in [0, 0.1) is 5.92 Å². The summed E-state index contributed by atoms with van der Waals surface area (Å²) in [6, 6.07) is 14.9. The molecule has 0 unspecified atom stereocenters. The topological polar surface area (TPSA) is 92.3 Å². The molecule has 0 saturated heterocycles. The van der Waals surface area contributed by atoms with Crippen LogP contribution in [0.4, 0.5) is 5.82 Å². The normalized spacial score (nSPS) is 11.3. The van der Waals surface area contributed by atoms with E-state index in [-0.39, 0.29) is 11.4 Å². The van der Waals surface area contributed by atoms with Gasteiger partial charge >= 0.3 is 5.97 Å². The first-order valence-corrected chi connectivity index (χ1v) is 9.87. The maximum Gasteiger partial charge on any atom is 0.344 e. The number of anilines is 1. The highest BCUT2D eigenvalue weighted by Gasteiger charge is 2.26. The molecule has 0 aliphatic rings. The van der Waals surface area contributed by atoms with E-state index in [1.54, 1.807) is 11.7 Å². The van der Waals surface area contributed by atoms with E-state index in [9.17, 15) is 4.79 Å². The number of aromatic nitrogens is 3. The van der Waals surface area contributed by atoms with Gasteiger partial charge in [0.15, 0.2) is 5.65 Å². The Labute approximate surface area is 174 Å². The minimum Gasteiger partial charge on any atom is -0.497 e. The lowest BCUT2D eigenvalue weighted by Gasteiger charge is -2.09. The number of methoxy groups -OCH3 is 1. The standard InChI is InChI=1S/C23H24N4O3/c1-14(2)12-13-30-23(28)19-20-22(26-18-7-5-4-6-17(18)25-20)27(21(19)24)15-8-10-16(29-3)11-9-15/h4-11,14H,12-13,24H2,1-3H3. The Morgan fingerprint density at radius 3 is 2.37 bits per heavy atom. The molecule has 0 radical (unpaired) electrons. The van der Waals surface area contributed by atoms with Crippen molar-refractivity contribution < 1.29 is 14.3 Å². The summed E-state index contributed by atoms with van der Waals surface area (Å²) >= 11 is 0. The Hall–Kier alpha value is -3.61. The van der Waals surface area contributed by atoms with Gasteiger partial charge in [-0.3, -0.25) is 4.57 Å². The predicted molar refractivity (Wildman–Crippen MR) is 117 cm³/mol. The Morgan fingerprint density at radius 2 is 1.73 bits per heavy atom. The molecule has 0 aliphatic carbocycles. The zero-order chi connectivity index (χ0) is 21.3. The molecule has 7 heteroatoms. The number of benzene rings is 2. The molecule has 0 spiro atoms. The van der Waals surface area contributed by atoms with Gasteiger partial charge in [0.2, 0.25) is 0 Å².